The van der Waals surface area contributed by atoms with Gasteiger partial charge >= 0.3 is 0 Å². The third kappa shape index (κ3) is 5.61. The zero-order valence-corrected chi connectivity index (χ0v) is 18.7. The first-order chi connectivity index (χ1) is 13.3. The van der Waals surface area contributed by atoms with Crippen molar-refractivity contribution < 1.29 is 9.47 Å². The minimum atomic E-state index is -0.122. The van der Waals surface area contributed by atoms with Gasteiger partial charge in [0.15, 0.2) is 17.5 Å². The monoisotopic (exact) mass is 404 g/mol. The highest BCUT2D eigenvalue weighted by Gasteiger charge is 2.23. The molecule has 0 amide bonds. The average molecular weight is 405 g/mol. The van der Waals surface area contributed by atoms with E-state index in [0.717, 1.165) is 40.3 Å². The summed E-state index contributed by atoms with van der Waals surface area (Å²) in [4.78, 5) is 8.98. The van der Waals surface area contributed by atoms with E-state index in [4.69, 9.17) is 9.47 Å². The SMILES string of the molecule is CN=C(NCc1nc(C(C)C)cs1)NCC(C)(C)c1ccc(OC)c(OC)c1. The molecule has 1 aromatic heterocycles. The maximum Gasteiger partial charge on any atom is 0.191 e. The number of nitrogens with zero attached hydrogens (tertiary/aromatic N) is 2. The lowest BCUT2D eigenvalue weighted by Crippen LogP contribution is -2.43. The Labute approximate surface area is 172 Å². The maximum absolute atomic E-state index is 5.44. The molecule has 0 fully saturated rings. The van der Waals surface area contributed by atoms with E-state index in [9.17, 15) is 0 Å². The van der Waals surface area contributed by atoms with Crippen LogP contribution in [-0.4, -0.2) is 38.8 Å². The van der Waals surface area contributed by atoms with E-state index in [1.54, 1.807) is 32.6 Å². The van der Waals surface area contributed by atoms with Gasteiger partial charge in [0.25, 0.3) is 0 Å². The highest BCUT2D eigenvalue weighted by Crippen LogP contribution is 2.32. The lowest BCUT2D eigenvalue weighted by Gasteiger charge is -2.27. The molecular weight excluding hydrogens is 372 g/mol. The van der Waals surface area contributed by atoms with Crippen LogP contribution >= 0.6 is 11.3 Å². The topological polar surface area (TPSA) is 67.8 Å². The van der Waals surface area contributed by atoms with E-state index >= 15 is 0 Å². The molecule has 0 aliphatic rings. The van der Waals surface area contributed by atoms with E-state index in [1.165, 1.54) is 0 Å². The molecular formula is C21H32N4O2S. The highest BCUT2D eigenvalue weighted by atomic mass is 32.1. The number of benzene rings is 1. The van der Waals surface area contributed by atoms with Crippen LogP contribution in [0.4, 0.5) is 0 Å². The number of thiazole rings is 1. The number of hydrogen-bond donors (Lipinski definition) is 2. The standard InChI is InChI=1S/C21H32N4O2S/c1-14(2)16-12-28-19(25-16)11-23-20(22-5)24-13-21(3,4)15-8-9-17(26-6)18(10-15)27-7/h8-10,12,14H,11,13H2,1-7H3,(H2,22,23,24). The van der Waals surface area contributed by atoms with Crippen molar-refractivity contribution in [3.8, 4) is 11.5 Å². The molecule has 0 aliphatic carbocycles. The lowest BCUT2D eigenvalue weighted by atomic mass is 9.84. The molecule has 0 saturated heterocycles. The van der Waals surface area contributed by atoms with Crippen LogP contribution in [0.15, 0.2) is 28.6 Å². The number of methoxy groups -OCH3 is 2. The molecule has 0 spiro atoms. The normalized spacial score (nSPS) is 12.2. The van der Waals surface area contributed by atoms with Crippen molar-refractivity contribution in [3.63, 3.8) is 0 Å². The molecule has 2 rings (SSSR count). The van der Waals surface area contributed by atoms with Gasteiger partial charge in [-0.15, -0.1) is 11.3 Å². The molecule has 0 radical (unpaired) electrons. The Balaban J connectivity index is 1.97. The summed E-state index contributed by atoms with van der Waals surface area (Å²) in [5.74, 6) is 2.68. The number of hydrogen-bond acceptors (Lipinski definition) is 5. The van der Waals surface area contributed by atoms with Crippen molar-refractivity contribution in [2.24, 2.45) is 4.99 Å². The molecule has 7 heteroatoms. The van der Waals surface area contributed by atoms with Gasteiger partial charge in [0.1, 0.15) is 5.01 Å². The third-order valence-electron chi connectivity index (χ3n) is 4.65. The fraction of sp³-hybridized carbons (Fsp3) is 0.524. The smallest absolute Gasteiger partial charge is 0.191 e. The molecule has 28 heavy (non-hydrogen) atoms. The van der Waals surface area contributed by atoms with Crippen molar-refractivity contribution in [1.29, 1.82) is 0 Å². The van der Waals surface area contributed by atoms with E-state index in [1.807, 2.05) is 12.1 Å². The van der Waals surface area contributed by atoms with Gasteiger partial charge in [-0.1, -0.05) is 33.8 Å². The van der Waals surface area contributed by atoms with Crippen LogP contribution in [0, 0.1) is 0 Å². The summed E-state index contributed by atoms with van der Waals surface area (Å²) in [5, 5.41) is 9.95. The van der Waals surface area contributed by atoms with Crippen LogP contribution in [-0.2, 0) is 12.0 Å². The molecule has 0 atom stereocenters. The number of ether oxygens (including phenoxy) is 2. The number of nitrogens with one attached hydrogen (secondary N) is 2. The summed E-state index contributed by atoms with van der Waals surface area (Å²) in [6.45, 7) is 10.1. The first-order valence-electron chi connectivity index (χ1n) is 9.42. The quantitative estimate of drug-likeness (QED) is 0.515. The fourth-order valence-electron chi connectivity index (χ4n) is 2.72. The highest BCUT2D eigenvalue weighted by molar-refractivity contribution is 7.09. The predicted molar refractivity (Wildman–Crippen MR) is 117 cm³/mol. The molecule has 0 aliphatic heterocycles. The van der Waals surface area contributed by atoms with Gasteiger partial charge in [0.05, 0.1) is 26.5 Å². The molecule has 0 bridgehead atoms. The lowest BCUT2D eigenvalue weighted by molar-refractivity contribution is 0.353. The van der Waals surface area contributed by atoms with Crippen molar-refractivity contribution in [3.05, 3.63) is 39.8 Å². The Morgan fingerprint density at radius 2 is 1.89 bits per heavy atom. The van der Waals surface area contributed by atoms with Gasteiger partial charge in [0.2, 0.25) is 0 Å². The summed E-state index contributed by atoms with van der Waals surface area (Å²) in [7, 11) is 5.08. The van der Waals surface area contributed by atoms with Crippen molar-refractivity contribution in [2.45, 2.75) is 45.6 Å². The minimum absolute atomic E-state index is 0.122. The Kier molecular flexibility index (Phi) is 7.69. The van der Waals surface area contributed by atoms with Crippen molar-refractivity contribution in [2.75, 3.05) is 27.8 Å². The summed E-state index contributed by atoms with van der Waals surface area (Å²) in [6, 6.07) is 6.04. The van der Waals surface area contributed by atoms with Crippen LogP contribution in [0.1, 0.15) is 49.9 Å². The van der Waals surface area contributed by atoms with E-state index in [2.05, 4.69) is 59.8 Å². The Hall–Kier alpha value is -2.28. The largest absolute Gasteiger partial charge is 0.493 e. The van der Waals surface area contributed by atoms with Crippen LogP contribution in [0.2, 0.25) is 0 Å². The second kappa shape index (κ2) is 9.78. The Morgan fingerprint density at radius 3 is 2.46 bits per heavy atom. The van der Waals surface area contributed by atoms with Gasteiger partial charge in [-0.3, -0.25) is 4.99 Å². The van der Waals surface area contributed by atoms with E-state index < -0.39 is 0 Å². The molecule has 6 nitrogen and oxygen atoms in total. The van der Waals surface area contributed by atoms with Gasteiger partial charge in [-0.2, -0.15) is 0 Å². The summed E-state index contributed by atoms with van der Waals surface area (Å²) in [5.41, 5.74) is 2.18. The molecule has 0 saturated carbocycles. The summed E-state index contributed by atoms with van der Waals surface area (Å²) >= 11 is 1.68. The second-order valence-electron chi connectivity index (χ2n) is 7.55. The predicted octanol–water partition coefficient (Wildman–Crippen LogP) is 3.93. The van der Waals surface area contributed by atoms with E-state index in [0.29, 0.717) is 12.5 Å². The molecule has 0 unspecified atom stereocenters. The Morgan fingerprint density at radius 1 is 1.18 bits per heavy atom. The number of aromatic nitrogens is 1. The number of guanidine groups is 1. The molecule has 1 heterocycles. The fourth-order valence-corrected chi connectivity index (χ4v) is 3.61. The van der Waals surface area contributed by atoms with Crippen LogP contribution in [0.25, 0.3) is 0 Å². The maximum atomic E-state index is 5.44. The third-order valence-corrected chi connectivity index (χ3v) is 5.52. The summed E-state index contributed by atoms with van der Waals surface area (Å²) in [6.07, 6.45) is 0. The zero-order valence-electron chi connectivity index (χ0n) is 17.9. The first kappa shape index (κ1) is 22.0. The van der Waals surface area contributed by atoms with Gasteiger partial charge in [-0.25, -0.2) is 4.98 Å². The zero-order chi connectivity index (χ0) is 20.7. The first-order valence-corrected chi connectivity index (χ1v) is 10.3. The molecule has 154 valence electrons. The van der Waals surface area contributed by atoms with Gasteiger partial charge < -0.3 is 20.1 Å². The molecule has 2 aromatic rings. The second-order valence-corrected chi connectivity index (χ2v) is 8.50. The number of aliphatic imine (C=N–C) groups is 1. The van der Waals surface area contributed by atoms with Gasteiger partial charge in [0, 0.05) is 24.4 Å². The van der Waals surface area contributed by atoms with Crippen LogP contribution < -0.4 is 20.1 Å². The summed E-state index contributed by atoms with van der Waals surface area (Å²) < 4.78 is 10.8. The minimum Gasteiger partial charge on any atom is -0.493 e. The van der Waals surface area contributed by atoms with Gasteiger partial charge in [-0.05, 0) is 23.6 Å². The van der Waals surface area contributed by atoms with Crippen molar-refractivity contribution in [1.82, 2.24) is 15.6 Å². The molecule has 2 N–H and O–H groups in total. The van der Waals surface area contributed by atoms with Crippen molar-refractivity contribution >= 4 is 17.3 Å². The van der Waals surface area contributed by atoms with Crippen LogP contribution in [0.3, 0.4) is 0 Å². The van der Waals surface area contributed by atoms with E-state index in [-0.39, 0.29) is 5.41 Å². The molecule has 1 aromatic carbocycles. The average Bonchev–Trinajstić information content (AvgIpc) is 3.16. The number of rotatable bonds is 8. The Bertz CT molecular complexity index is 799. The van der Waals surface area contributed by atoms with Crippen LogP contribution in [0.5, 0.6) is 11.5 Å².